The van der Waals surface area contributed by atoms with E-state index in [1.807, 2.05) is 6.92 Å². The van der Waals surface area contributed by atoms with Crippen LogP contribution in [0.2, 0.25) is 0 Å². The molecule has 0 heterocycles. The van der Waals surface area contributed by atoms with Crippen LogP contribution < -0.4 is 10.0 Å². The number of rotatable bonds is 8. The fraction of sp³-hybridized carbons (Fsp3) is 0.562. The van der Waals surface area contributed by atoms with Crippen LogP contribution in [0.25, 0.3) is 0 Å². The Balaban J connectivity index is 2.51. The van der Waals surface area contributed by atoms with Crippen molar-refractivity contribution in [3.05, 3.63) is 29.8 Å². The Labute approximate surface area is 143 Å². The van der Waals surface area contributed by atoms with E-state index in [1.165, 1.54) is 19.1 Å². The van der Waals surface area contributed by atoms with Gasteiger partial charge in [0.25, 0.3) is 0 Å². The predicted molar refractivity (Wildman–Crippen MR) is 90.8 cm³/mol. The highest BCUT2D eigenvalue weighted by Crippen LogP contribution is 2.25. The van der Waals surface area contributed by atoms with Crippen LogP contribution in [0.15, 0.2) is 29.2 Å². The molecular formula is C16H26N2O5S. The molecule has 1 aromatic carbocycles. The fourth-order valence-electron chi connectivity index (χ4n) is 1.83. The van der Waals surface area contributed by atoms with Crippen LogP contribution in [0, 0.1) is 12.3 Å². The summed E-state index contributed by atoms with van der Waals surface area (Å²) < 4.78 is 26.5. The van der Waals surface area contributed by atoms with Crippen LogP contribution in [0.5, 0.6) is 0 Å². The van der Waals surface area contributed by atoms with Gasteiger partial charge >= 0.3 is 0 Å². The summed E-state index contributed by atoms with van der Waals surface area (Å²) in [7, 11) is -3.64. The second-order valence-corrected chi connectivity index (χ2v) is 8.17. The topological polar surface area (TPSA) is 116 Å². The van der Waals surface area contributed by atoms with Crippen molar-refractivity contribution in [1.29, 1.82) is 0 Å². The summed E-state index contributed by atoms with van der Waals surface area (Å²) in [6.45, 7) is 6.51. The zero-order chi connectivity index (χ0) is 18.5. The van der Waals surface area contributed by atoms with Crippen LogP contribution in [-0.2, 0) is 14.8 Å². The first-order valence-corrected chi connectivity index (χ1v) is 9.17. The summed E-state index contributed by atoms with van der Waals surface area (Å²) in [5.74, 6) is -0.657. The van der Waals surface area contributed by atoms with Gasteiger partial charge in [-0.1, -0.05) is 31.5 Å². The molecule has 2 unspecified atom stereocenters. The molecule has 7 nitrogen and oxygen atoms in total. The number of amides is 1. The van der Waals surface area contributed by atoms with Gasteiger partial charge in [-0.25, -0.2) is 13.1 Å². The van der Waals surface area contributed by atoms with E-state index >= 15 is 0 Å². The van der Waals surface area contributed by atoms with Crippen LogP contribution in [0.1, 0.15) is 26.3 Å². The van der Waals surface area contributed by atoms with Crippen LogP contribution in [0.3, 0.4) is 0 Å². The molecule has 0 aliphatic rings. The SMILES string of the molecule is Cc1ccc(S(=O)(=O)NCCNC(=O)C(O)C(C)(C)C(C)O)cc1. The van der Waals surface area contributed by atoms with Gasteiger partial charge in [0.05, 0.1) is 11.0 Å². The predicted octanol–water partition coefficient (Wildman–Crippen LogP) is 0.157. The first-order valence-electron chi connectivity index (χ1n) is 7.68. The van der Waals surface area contributed by atoms with Gasteiger partial charge in [0.1, 0.15) is 6.10 Å². The molecule has 8 heteroatoms. The molecule has 136 valence electrons. The Morgan fingerprint density at radius 3 is 2.21 bits per heavy atom. The van der Waals surface area contributed by atoms with Crippen molar-refractivity contribution in [3.63, 3.8) is 0 Å². The lowest BCUT2D eigenvalue weighted by molar-refractivity contribution is -0.140. The Bertz CT molecular complexity index is 654. The van der Waals surface area contributed by atoms with Gasteiger partial charge in [0.2, 0.25) is 15.9 Å². The Hall–Kier alpha value is -1.48. The highest BCUT2D eigenvalue weighted by molar-refractivity contribution is 7.89. The van der Waals surface area contributed by atoms with E-state index in [-0.39, 0.29) is 18.0 Å². The standard InChI is InChI=1S/C16H26N2O5S/c1-11-5-7-13(8-6-11)24(22,23)18-10-9-17-15(21)14(20)16(3,4)12(2)19/h5-8,12,14,18-20H,9-10H2,1-4H3,(H,17,21). The Morgan fingerprint density at radius 2 is 1.71 bits per heavy atom. The van der Waals surface area contributed by atoms with E-state index in [0.717, 1.165) is 5.56 Å². The Kier molecular flexibility index (Phi) is 6.91. The first kappa shape index (κ1) is 20.6. The number of hydrogen-bond donors (Lipinski definition) is 4. The molecule has 0 fully saturated rings. The second-order valence-electron chi connectivity index (χ2n) is 6.40. The van der Waals surface area contributed by atoms with Crippen molar-refractivity contribution in [3.8, 4) is 0 Å². The van der Waals surface area contributed by atoms with E-state index in [1.54, 1.807) is 26.0 Å². The summed E-state index contributed by atoms with van der Waals surface area (Å²) >= 11 is 0. The lowest BCUT2D eigenvalue weighted by Crippen LogP contribution is -2.49. The quantitative estimate of drug-likeness (QED) is 0.494. The van der Waals surface area contributed by atoms with Crippen molar-refractivity contribution in [2.24, 2.45) is 5.41 Å². The average Bonchev–Trinajstić information content (AvgIpc) is 2.50. The maximum Gasteiger partial charge on any atom is 0.249 e. The van der Waals surface area contributed by atoms with Crippen LogP contribution >= 0.6 is 0 Å². The molecule has 2 atom stereocenters. The number of aliphatic hydroxyl groups excluding tert-OH is 2. The summed E-state index contributed by atoms with van der Waals surface area (Å²) in [6.07, 6.45) is -2.27. The molecule has 0 aliphatic carbocycles. The van der Waals surface area contributed by atoms with Crippen LogP contribution in [0.4, 0.5) is 0 Å². The third-order valence-corrected chi connectivity index (χ3v) is 5.55. The van der Waals surface area contributed by atoms with Crippen molar-refractivity contribution in [2.45, 2.75) is 44.8 Å². The van der Waals surface area contributed by atoms with Gasteiger partial charge in [0, 0.05) is 18.5 Å². The molecular weight excluding hydrogens is 332 g/mol. The maximum absolute atomic E-state index is 12.1. The van der Waals surface area contributed by atoms with Crippen molar-refractivity contribution < 1.29 is 23.4 Å². The van der Waals surface area contributed by atoms with Gasteiger partial charge in [-0.05, 0) is 26.0 Å². The van der Waals surface area contributed by atoms with E-state index < -0.39 is 33.6 Å². The Morgan fingerprint density at radius 1 is 1.17 bits per heavy atom. The van der Waals surface area contributed by atoms with Gasteiger partial charge in [-0.3, -0.25) is 4.79 Å². The minimum Gasteiger partial charge on any atom is -0.393 e. The summed E-state index contributed by atoms with van der Waals surface area (Å²) in [5.41, 5.74) is -0.0539. The number of aryl methyl sites for hydroxylation is 1. The molecule has 0 radical (unpaired) electrons. The molecule has 0 saturated carbocycles. The van der Waals surface area contributed by atoms with Gasteiger partial charge in [-0.15, -0.1) is 0 Å². The number of benzene rings is 1. The van der Waals surface area contributed by atoms with E-state index in [0.29, 0.717) is 0 Å². The molecule has 0 bridgehead atoms. The summed E-state index contributed by atoms with van der Waals surface area (Å²) in [5, 5.41) is 22.0. The molecule has 0 aliphatic heterocycles. The molecule has 1 rings (SSSR count). The van der Waals surface area contributed by atoms with Crippen molar-refractivity contribution in [1.82, 2.24) is 10.0 Å². The highest BCUT2D eigenvalue weighted by atomic mass is 32.2. The van der Waals surface area contributed by atoms with E-state index in [2.05, 4.69) is 10.0 Å². The van der Waals surface area contributed by atoms with Crippen LogP contribution in [-0.4, -0.2) is 49.8 Å². The molecule has 0 aromatic heterocycles. The summed E-state index contributed by atoms with van der Waals surface area (Å²) in [6, 6.07) is 6.41. The highest BCUT2D eigenvalue weighted by Gasteiger charge is 2.37. The second kappa shape index (κ2) is 8.06. The number of carbonyl (C=O) groups excluding carboxylic acids is 1. The smallest absolute Gasteiger partial charge is 0.249 e. The van der Waals surface area contributed by atoms with E-state index in [9.17, 15) is 23.4 Å². The average molecular weight is 358 g/mol. The van der Waals surface area contributed by atoms with Crippen molar-refractivity contribution >= 4 is 15.9 Å². The summed E-state index contributed by atoms with van der Waals surface area (Å²) in [4.78, 5) is 12.0. The third kappa shape index (κ3) is 5.27. The number of aliphatic hydroxyl groups is 2. The number of nitrogens with one attached hydrogen (secondary N) is 2. The first-order chi connectivity index (χ1) is 11.0. The molecule has 0 saturated heterocycles. The van der Waals surface area contributed by atoms with Gasteiger partial charge < -0.3 is 15.5 Å². The largest absolute Gasteiger partial charge is 0.393 e. The van der Waals surface area contributed by atoms with Gasteiger partial charge in [-0.2, -0.15) is 0 Å². The third-order valence-electron chi connectivity index (χ3n) is 4.08. The van der Waals surface area contributed by atoms with Crippen molar-refractivity contribution in [2.75, 3.05) is 13.1 Å². The maximum atomic E-state index is 12.1. The minimum absolute atomic E-state index is 0.0101. The zero-order valence-corrected chi connectivity index (χ0v) is 15.2. The number of hydrogen-bond acceptors (Lipinski definition) is 5. The zero-order valence-electron chi connectivity index (χ0n) is 14.4. The number of carbonyl (C=O) groups is 1. The molecule has 0 spiro atoms. The molecule has 1 aromatic rings. The van der Waals surface area contributed by atoms with E-state index in [4.69, 9.17) is 0 Å². The monoisotopic (exact) mass is 358 g/mol. The number of sulfonamides is 1. The molecule has 24 heavy (non-hydrogen) atoms. The van der Waals surface area contributed by atoms with Gasteiger partial charge in [0.15, 0.2) is 0 Å². The minimum atomic E-state index is -3.64. The lowest BCUT2D eigenvalue weighted by atomic mass is 9.81. The fourth-order valence-corrected chi connectivity index (χ4v) is 2.87. The molecule has 4 N–H and O–H groups in total. The normalized spacial score (nSPS) is 14.9. The molecule has 1 amide bonds. The lowest BCUT2D eigenvalue weighted by Gasteiger charge is -2.32.